The number of furan rings is 1. The fourth-order valence-corrected chi connectivity index (χ4v) is 1.07. The van der Waals surface area contributed by atoms with Gasteiger partial charge in [0.25, 0.3) is 5.89 Å². The summed E-state index contributed by atoms with van der Waals surface area (Å²) in [6.45, 7) is 3.64. The summed E-state index contributed by atoms with van der Waals surface area (Å²) in [5.41, 5.74) is 5.58. The smallest absolute Gasteiger partial charge is 0.283 e. The van der Waals surface area contributed by atoms with Crippen LogP contribution in [0.3, 0.4) is 0 Å². The van der Waals surface area contributed by atoms with Gasteiger partial charge in [0, 0.05) is 0 Å². The summed E-state index contributed by atoms with van der Waals surface area (Å²) in [4.78, 5) is 0. The monoisotopic (exact) mass is 193 g/mol. The molecule has 0 saturated heterocycles. The summed E-state index contributed by atoms with van der Waals surface area (Å²) in [5, 5.41) is 7.63. The number of hydrogen-bond donors (Lipinski definition) is 1. The zero-order chi connectivity index (χ0) is 10.1. The molecule has 0 radical (unpaired) electrons. The third-order valence-corrected chi connectivity index (χ3v) is 1.78. The van der Waals surface area contributed by atoms with Crippen LogP contribution in [0.4, 0.5) is 0 Å². The van der Waals surface area contributed by atoms with E-state index in [0.29, 0.717) is 17.5 Å². The van der Waals surface area contributed by atoms with Crippen LogP contribution >= 0.6 is 0 Å². The van der Waals surface area contributed by atoms with Crippen LogP contribution in [0.2, 0.25) is 0 Å². The minimum absolute atomic E-state index is 0.257. The Morgan fingerprint density at radius 2 is 2.07 bits per heavy atom. The van der Waals surface area contributed by atoms with Gasteiger partial charge in [0.2, 0.25) is 5.89 Å². The second kappa shape index (κ2) is 3.26. The van der Waals surface area contributed by atoms with E-state index >= 15 is 0 Å². The molecule has 0 aliphatic carbocycles. The van der Waals surface area contributed by atoms with Crippen LogP contribution in [0.25, 0.3) is 11.7 Å². The van der Waals surface area contributed by atoms with Crippen molar-refractivity contribution in [3.8, 4) is 11.7 Å². The van der Waals surface area contributed by atoms with Crippen molar-refractivity contribution in [3.63, 3.8) is 0 Å². The van der Waals surface area contributed by atoms with Crippen LogP contribution in [0, 0.1) is 6.92 Å². The van der Waals surface area contributed by atoms with E-state index in [0.717, 1.165) is 5.76 Å². The van der Waals surface area contributed by atoms with Gasteiger partial charge >= 0.3 is 0 Å². The van der Waals surface area contributed by atoms with Crippen LogP contribution in [0.15, 0.2) is 21.0 Å². The van der Waals surface area contributed by atoms with E-state index in [1.165, 1.54) is 0 Å². The van der Waals surface area contributed by atoms with Gasteiger partial charge in [0.1, 0.15) is 5.76 Å². The molecule has 2 rings (SSSR count). The van der Waals surface area contributed by atoms with E-state index in [4.69, 9.17) is 14.6 Å². The highest BCUT2D eigenvalue weighted by atomic mass is 16.4. The molecule has 2 aromatic heterocycles. The van der Waals surface area contributed by atoms with Gasteiger partial charge in [-0.25, -0.2) is 0 Å². The van der Waals surface area contributed by atoms with Crippen molar-refractivity contribution >= 4 is 0 Å². The van der Waals surface area contributed by atoms with Gasteiger partial charge in [-0.2, -0.15) is 0 Å². The van der Waals surface area contributed by atoms with Crippen molar-refractivity contribution in [3.05, 3.63) is 23.8 Å². The maximum atomic E-state index is 5.58. The van der Waals surface area contributed by atoms with Crippen LogP contribution in [-0.4, -0.2) is 10.2 Å². The van der Waals surface area contributed by atoms with E-state index < -0.39 is 0 Å². The lowest BCUT2D eigenvalue weighted by Gasteiger charge is -1.93. The van der Waals surface area contributed by atoms with Crippen molar-refractivity contribution in [1.82, 2.24) is 10.2 Å². The van der Waals surface area contributed by atoms with Gasteiger partial charge in [-0.05, 0) is 26.0 Å². The maximum absolute atomic E-state index is 5.58. The highest BCUT2D eigenvalue weighted by molar-refractivity contribution is 5.43. The standard InChI is InChI=1S/C9H11N3O2/c1-5-3-4-7(13-5)9-12-11-8(14-9)6(2)10/h3-4,6H,10H2,1-2H3. The topological polar surface area (TPSA) is 78.1 Å². The zero-order valence-electron chi connectivity index (χ0n) is 8.02. The number of nitrogens with two attached hydrogens (primary N) is 1. The van der Waals surface area contributed by atoms with Crippen LogP contribution in [-0.2, 0) is 0 Å². The Bertz CT molecular complexity index is 431. The molecule has 0 aliphatic rings. The summed E-state index contributed by atoms with van der Waals surface area (Å²) in [5.74, 6) is 2.15. The first-order chi connectivity index (χ1) is 6.66. The van der Waals surface area contributed by atoms with E-state index in [9.17, 15) is 0 Å². The molecule has 5 heteroatoms. The molecule has 2 heterocycles. The Hall–Kier alpha value is -1.62. The van der Waals surface area contributed by atoms with Crippen molar-refractivity contribution in [2.45, 2.75) is 19.9 Å². The Kier molecular flexibility index (Phi) is 2.09. The fourth-order valence-electron chi connectivity index (χ4n) is 1.07. The molecule has 0 aliphatic heterocycles. The minimum Gasteiger partial charge on any atom is -0.456 e. The number of aromatic nitrogens is 2. The van der Waals surface area contributed by atoms with Crippen LogP contribution in [0.5, 0.6) is 0 Å². The largest absolute Gasteiger partial charge is 0.456 e. The molecule has 0 amide bonds. The molecule has 5 nitrogen and oxygen atoms in total. The molecular formula is C9H11N3O2. The minimum atomic E-state index is -0.257. The summed E-state index contributed by atoms with van der Waals surface area (Å²) in [6.07, 6.45) is 0. The normalized spacial score (nSPS) is 13.1. The molecule has 14 heavy (non-hydrogen) atoms. The van der Waals surface area contributed by atoms with Gasteiger partial charge in [-0.3, -0.25) is 0 Å². The number of nitrogens with zero attached hydrogens (tertiary/aromatic N) is 2. The van der Waals surface area contributed by atoms with Gasteiger partial charge in [-0.15, -0.1) is 10.2 Å². The molecule has 74 valence electrons. The SMILES string of the molecule is Cc1ccc(-c2nnc(C(C)N)o2)o1. The summed E-state index contributed by atoms with van der Waals surface area (Å²) < 4.78 is 10.6. The van der Waals surface area contributed by atoms with E-state index in [1.54, 1.807) is 13.0 Å². The van der Waals surface area contributed by atoms with E-state index in [2.05, 4.69) is 10.2 Å². The van der Waals surface area contributed by atoms with E-state index in [-0.39, 0.29) is 6.04 Å². The highest BCUT2D eigenvalue weighted by Gasteiger charge is 2.13. The first kappa shape index (κ1) is 8.96. The van der Waals surface area contributed by atoms with E-state index in [1.807, 2.05) is 13.0 Å². The zero-order valence-corrected chi connectivity index (χ0v) is 8.02. The lowest BCUT2D eigenvalue weighted by Crippen LogP contribution is -2.04. The fraction of sp³-hybridized carbons (Fsp3) is 0.333. The number of hydrogen-bond acceptors (Lipinski definition) is 5. The van der Waals surface area contributed by atoms with Gasteiger partial charge in [0.15, 0.2) is 5.76 Å². The van der Waals surface area contributed by atoms with Crippen molar-refractivity contribution in [2.75, 3.05) is 0 Å². The molecular weight excluding hydrogens is 182 g/mol. The average molecular weight is 193 g/mol. The van der Waals surface area contributed by atoms with Crippen molar-refractivity contribution in [2.24, 2.45) is 5.73 Å². The molecule has 2 aromatic rings. The molecule has 1 unspecified atom stereocenters. The highest BCUT2D eigenvalue weighted by Crippen LogP contribution is 2.21. The first-order valence-corrected chi connectivity index (χ1v) is 4.32. The Labute approximate surface area is 80.9 Å². The van der Waals surface area contributed by atoms with Gasteiger partial charge < -0.3 is 14.6 Å². The average Bonchev–Trinajstić information content (AvgIpc) is 2.70. The predicted molar refractivity (Wildman–Crippen MR) is 49.3 cm³/mol. The molecule has 0 aromatic carbocycles. The van der Waals surface area contributed by atoms with Gasteiger partial charge in [0.05, 0.1) is 6.04 Å². The summed E-state index contributed by atoms with van der Waals surface area (Å²) in [6, 6.07) is 3.37. The molecule has 0 bridgehead atoms. The molecule has 0 spiro atoms. The van der Waals surface area contributed by atoms with Crippen molar-refractivity contribution in [1.29, 1.82) is 0 Å². The predicted octanol–water partition coefficient (Wildman–Crippen LogP) is 1.66. The third kappa shape index (κ3) is 1.54. The molecule has 0 saturated carbocycles. The summed E-state index contributed by atoms with van der Waals surface area (Å²) in [7, 11) is 0. The molecule has 2 N–H and O–H groups in total. The van der Waals surface area contributed by atoms with Crippen LogP contribution < -0.4 is 5.73 Å². The summed E-state index contributed by atoms with van der Waals surface area (Å²) >= 11 is 0. The Morgan fingerprint density at radius 1 is 1.29 bits per heavy atom. The second-order valence-corrected chi connectivity index (χ2v) is 3.14. The van der Waals surface area contributed by atoms with Gasteiger partial charge in [-0.1, -0.05) is 0 Å². The van der Waals surface area contributed by atoms with Crippen LogP contribution in [0.1, 0.15) is 24.6 Å². The lowest BCUT2D eigenvalue weighted by atomic mass is 10.4. The quantitative estimate of drug-likeness (QED) is 0.784. The third-order valence-electron chi connectivity index (χ3n) is 1.78. The Balaban J connectivity index is 2.33. The first-order valence-electron chi connectivity index (χ1n) is 4.32. The maximum Gasteiger partial charge on any atom is 0.283 e. The lowest BCUT2D eigenvalue weighted by molar-refractivity contribution is 0.452. The number of rotatable bonds is 2. The second-order valence-electron chi connectivity index (χ2n) is 3.14. The Morgan fingerprint density at radius 3 is 2.57 bits per heavy atom. The molecule has 1 atom stereocenters. The molecule has 0 fully saturated rings. The number of aryl methyl sites for hydroxylation is 1. The van der Waals surface area contributed by atoms with Crippen molar-refractivity contribution < 1.29 is 8.83 Å².